The molecule has 0 aromatic rings. The van der Waals surface area contributed by atoms with Crippen molar-refractivity contribution >= 4 is 18.2 Å². The summed E-state index contributed by atoms with van der Waals surface area (Å²) in [6, 6.07) is 0. The standard InChI is InChI=1S/C14H30ClO5P/c1-5-7-9-17-11-13(3)19-21(15,16)20-14(4)12-18-10-8-6-2/h13-14H,5-12H2,1-4H3. The molecule has 0 amide bonds. The smallest absolute Gasteiger partial charge is 0.379 e. The van der Waals surface area contributed by atoms with E-state index in [0.29, 0.717) is 26.4 Å². The maximum atomic E-state index is 12.0. The molecular weight excluding hydrogens is 315 g/mol. The second-order valence-electron chi connectivity index (χ2n) is 5.12. The van der Waals surface area contributed by atoms with Gasteiger partial charge in [-0.05, 0) is 26.7 Å². The summed E-state index contributed by atoms with van der Waals surface area (Å²) in [7, 11) is 0. The van der Waals surface area contributed by atoms with Crippen LogP contribution in [0.4, 0.5) is 0 Å². The Hall–Kier alpha value is 0.360. The van der Waals surface area contributed by atoms with Crippen molar-refractivity contribution in [2.75, 3.05) is 26.4 Å². The number of rotatable bonds is 14. The minimum absolute atomic E-state index is 0.349. The van der Waals surface area contributed by atoms with Crippen LogP contribution in [0.3, 0.4) is 0 Å². The molecule has 0 saturated carbocycles. The van der Waals surface area contributed by atoms with Gasteiger partial charge in [-0.25, -0.2) is 4.57 Å². The summed E-state index contributed by atoms with van der Waals surface area (Å²) in [5.41, 5.74) is 0. The summed E-state index contributed by atoms with van der Waals surface area (Å²) in [5, 5.41) is 0. The minimum atomic E-state index is -3.60. The quantitative estimate of drug-likeness (QED) is 0.335. The molecule has 0 bridgehead atoms. The predicted octanol–water partition coefficient (Wildman–Crippen LogP) is 4.78. The Morgan fingerprint density at radius 1 is 0.905 bits per heavy atom. The fourth-order valence-electron chi connectivity index (χ4n) is 1.51. The average Bonchev–Trinajstić information content (AvgIpc) is 2.38. The van der Waals surface area contributed by atoms with Gasteiger partial charge in [-0.3, -0.25) is 9.05 Å². The van der Waals surface area contributed by atoms with Gasteiger partial charge in [-0.1, -0.05) is 26.7 Å². The zero-order valence-electron chi connectivity index (χ0n) is 13.7. The predicted molar refractivity (Wildman–Crippen MR) is 86.0 cm³/mol. The van der Waals surface area contributed by atoms with Gasteiger partial charge in [0.25, 0.3) is 0 Å². The van der Waals surface area contributed by atoms with Crippen LogP contribution in [-0.2, 0) is 23.1 Å². The molecule has 0 radical (unpaired) electrons. The van der Waals surface area contributed by atoms with Crippen LogP contribution in [-0.4, -0.2) is 38.6 Å². The summed E-state index contributed by atoms with van der Waals surface area (Å²) in [5.74, 6) is 0. The van der Waals surface area contributed by atoms with Crippen molar-refractivity contribution in [3.05, 3.63) is 0 Å². The molecule has 2 atom stereocenters. The van der Waals surface area contributed by atoms with Gasteiger partial charge in [0.2, 0.25) is 0 Å². The van der Waals surface area contributed by atoms with Crippen LogP contribution in [0.5, 0.6) is 0 Å². The topological polar surface area (TPSA) is 54.0 Å². The number of hydrogen-bond acceptors (Lipinski definition) is 5. The van der Waals surface area contributed by atoms with Crippen LogP contribution in [0, 0.1) is 0 Å². The molecule has 21 heavy (non-hydrogen) atoms. The van der Waals surface area contributed by atoms with Crippen molar-refractivity contribution in [1.29, 1.82) is 0 Å². The highest BCUT2D eigenvalue weighted by Crippen LogP contribution is 2.55. The molecule has 2 unspecified atom stereocenters. The lowest BCUT2D eigenvalue weighted by Gasteiger charge is -2.20. The maximum absolute atomic E-state index is 12.0. The lowest BCUT2D eigenvalue weighted by Crippen LogP contribution is -2.18. The molecule has 0 rings (SSSR count). The van der Waals surface area contributed by atoms with Gasteiger partial charge in [0.15, 0.2) is 0 Å². The van der Waals surface area contributed by atoms with Gasteiger partial charge in [0.1, 0.15) is 0 Å². The first-order chi connectivity index (χ1) is 9.91. The third-order valence-electron chi connectivity index (χ3n) is 2.60. The van der Waals surface area contributed by atoms with Crippen molar-refractivity contribution in [3.63, 3.8) is 0 Å². The SMILES string of the molecule is CCCCOCC(C)OP(=O)(Cl)OC(C)COCCCC. The zero-order chi connectivity index (χ0) is 16.1. The molecule has 128 valence electrons. The maximum Gasteiger partial charge on any atom is 0.424 e. The Kier molecular flexibility index (Phi) is 13.1. The zero-order valence-corrected chi connectivity index (χ0v) is 15.3. The Balaban J connectivity index is 3.86. The number of hydrogen-bond donors (Lipinski definition) is 0. The van der Waals surface area contributed by atoms with E-state index in [4.69, 9.17) is 29.8 Å². The van der Waals surface area contributed by atoms with E-state index in [1.807, 2.05) is 0 Å². The third-order valence-corrected chi connectivity index (χ3v) is 4.30. The summed E-state index contributed by atoms with van der Waals surface area (Å²) < 4.78 is 33.3. The Morgan fingerprint density at radius 2 is 1.29 bits per heavy atom. The largest absolute Gasteiger partial charge is 0.424 e. The van der Waals surface area contributed by atoms with Crippen LogP contribution >= 0.6 is 18.2 Å². The summed E-state index contributed by atoms with van der Waals surface area (Å²) in [4.78, 5) is 0. The number of halogens is 1. The van der Waals surface area contributed by atoms with Gasteiger partial charge >= 0.3 is 6.95 Å². The normalized spacial score (nSPS) is 17.4. The summed E-state index contributed by atoms with van der Waals surface area (Å²) in [6.07, 6.45) is 3.38. The van der Waals surface area contributed by atoms with Crippen LogP contribution in [0.25, 0.3) is 0 Å². The molecule has 5 nitrogen and oxygen atoms in total. The molecule has 7 heteroatoms. The molecule has 0 fully saturated rings. The van der Waals surface area contributed by atoms with E-state index in [1.54, 1.807) is 13.8 Å². The van der Waals surface area contributed by atoms with Crippen molar-refractivity contribution in [2.24, 2.45) is 0 Å². The van der Waals surface area contributed by atoms with E-state index >= 15 is 0 Å². The average molecular weight is 345 g/mol. The van der Waals surface area contributed by atoms with Crippen molar-refractivity contribution in [1.82, 2.24) is 0 Å². The minimum Gasteiger partial charge on any atom is -0.379 e. The molecule has 0 N–H and O–H groups in total. The van der Waals surface area contributed by atoms with Gasteiger partial charge in [0, 0.05) is 24.5 Å². The van der Waals surface area contributed by atoms with E-state index < -0.39 is 6.95 Å². The van der Waals surface area contributed by atoms with Crippen molar-refractivity contribution in [3.8, 4) is 0 Å². The lowest BCUT2D eigenvalue weighted by atomic mass is 10.4. The highest BCUT2D eigenvalue weighted by molar-refractivity contribution is 7.81. The van der Waals surface area contributed by atoms with Crippen LogP contribution < -0.4 is 0 Å². The molecule has 0 aliphatic heterocycles. The second-order valence-corrected chi connectivity index (χ2v) is 7.64. The fourth-order valence-corrected chi connectivity index (χ4v) is 3.35. The Labute approximate surface area is 133 Å². The molecule has 0 aromatic heterocycles. The highest BCUT2D eigenvalue weighted by Gasteiger charge is 2.27. The van der Waals surface area contributed by atoms with Crippen molar-refractivity contribution in [2.45, 2.75) is 65.6 Å². The van der Waals surface area contributed by atoms with Crippen molar-refractivity contribution < 1.29 is 23.1 Å². The molecule has 0 spiro atoms. The van der Waals surface area contributed by atoms with E-state index in [-0.39, 0.29) is 12.2 Å². The Bertz CT molecular complexity index is 267. The van der Waals surface area contributed by atoms with Gasteiger partial charge in [-0.2, -0.15) is 0 Å². The fraction of sp³-hybridized carbons (Fsp3) is 1.00. The van der Waals surface area contributed by atoms with Gasteiger partial charge < -0.3 is 9.47 Å². The molecule has 0 heterocycles. The molecule has 0 aliphatic carbocycles. The second kappa shape index (κ2) is 12.9. The van der Waals surface area contributed by atoms with E-state index in [1.165, 1.54) is 0 Å². The van der Waals surface area contributed by atoms with Crippen LogP contribution in [0.1, 0.15) is 53.4 Å². The highest BCUT2D eigenvalue weighted by atomic mass is 35.7. The van der Waals surface area contributed by atoms with Gasteiger partial charge in [0.05, 0.1) is 25.4 Å². The summed E-state index contributed by atoms with van der Waals surface area (Å²) >= 11 is 5.81. The molecular formula is C14H30ClO5P. The molecule has 0 aromatic carbocycles. The van der Waals surface area contributed by atoms with Gasteiger partial charge in [-0.15, -0.1) is 0 Å². The first-order valence-corrected chi connectivity index (χ1v) is 10.2. The van der Waals surface area contributed by atoms with Crippen LogP contribution in [0.2, 0.25) is 0 Å². The first kappa shape index (κ1) is 21.4. The number of unbranched alkanes of at least 4 members (excludes halogenated alkanes) is 2. The summed E-state index contributed by atoms with van der Waals surface area (Å²) in [6.45, 7) is 6.12. The first-order valence-electron chi connectivity index (χ1n) is 7.73. The molecule has 0 aliphatic rings. The van der Waals surface area contributed by atoms with E-state index in [2.05, 4.69) is 13.8 Å². The lowest BCUT2D eigenvalue weighted by molar-refractivity contribution is 0.0268. The third kappa shape index (κ3) is 13.7. The molecule has 0 saturated heterocycles. The van der Waals surface area contributed by atoms with Crippen LogP contribution in [0.15, 0.2) is 0 Å². The Morgan fingerprint density at radius 3 is 1.62 bits per heavy atom. The van der Waals surface area contributed by atoms with E-state index in [0.717, 1.165) is 25.7 Å². The van der Waals surface area contributed by atoms with E-state index in [9.17, 15) is 4.57 Å². The number of ether oxygens (including phenoxy) is 2. The monoisotopic (exact) mass is 344 g/mol.